The van der Waals surface area contributed by atoms with Crippen LogP contribution in [0.3, 0.4) is 0 Å². The molecule has 0 amide bonds. The van der Waals surface area contributed by atoms with Crippen molar-refractivity contribution in [3.05, 3.63) is 64.3 Å². The Morgan fingerprint density at radius 1 is 1.30 bits per heavy atom. The molecule has 1 aromatic carbocycles. The Balaban J connectivity index is 1.56. The van der Waals surface area contributed by atoms with Gasteiger partial charge in [-0.1, -0.05) is 0 Å². The fourth-order valence-electron chi connectivity index (χ4n) is 3.24. The predicted octanol–water partition coefficient (Wildman–Crippen LogP) is 1.49. The van der Waals surface area contributed by atoms with Crippen LogP contribution in [0, 0.1) is 12.0 Å². The van der Waals surface area contributed by atoms with Crippen LogP contribution >= 0.6 is 0 Å². The summed E-state index contributed by atoms with van der Waals surface area (Å²) in [6.07, 6.45) is 6.68. The second-order valence-corrected chi connectivity index (χ2v) is 6.21. The Morgan fingerprint density at radius 3 is 2.96 bits per heavy atom. The molecule has 0 N–H and O–H groups in total. The van der Waals surface area contributed by atoms with Crippen molar-refractivity contribution < 1.29 is 18.1 Å². The molecular weight excluding hydrogens is 349 g/mol. The highest BCUT2D eigenvalue weighted by molar-refractivity contribution is 5.71. The average molecular weight is 368 g/mol. The Bertz CT molecular complexity index is 1170. The van der Waals surface area contributed by atoms with Crippen molar-refractivity contribution in [2.45, 2.75) is 19.4 Å². The molecule has 138 valence electrons. The first kappa shape index (κ1) is 17.2. The number of halogens is 1. The van der Waals surface area contributed by atoms with Crippen LogP contribution in [-0.2, 0) is 6.54 Å². The number of rotatable bonds is 6. The van der Waals surface area contributed by atoms with E-state index in [0.29, 0.717) is 48.5 Å². The normalized spacial score (nSPS) is 12.4. The molecule has 27 heavy (non-hydrogen) atoms. The third kappa shape index (κ3) is 3.28. The molecule has 0 aliphatic carbocycles. The molecular formula is C20H19FN3O3+. The minimum absolute atomic E-state index is 0.121. The maximum Gasteiger partial charge on any atom is 0.323 e. The van der Waals surface area contributed by atoms with Gasteiger partial charge in [-0.2, -0.15) is 4.24 Å². The fourth-order valence-corrected chi connectivity index (χ4v) is 3.24. The topological polar surface area (TPSA) is 59.2 Å². The van der Waals surface area contributed by atoms with Crippen LogP contribution in [-0.4, -0.2) is 23.3 Å². The molecule has 0 saturated heterocycles. The van der Waals surface area contributed by atoms with Crippen molar-refractivity contribution in [1.29, 1.82) is 0 Å². The number of aromatic nitrogens is 3. The highest BCUT2D eigenvalue weighted by atomic mass is 19.1. The number of fused-ring (bicyclic) bond motifs is 3. The number of nitrogens with zero attached hydrogens (tertiary/aromatic N) is 3. The van der Waals surface area contributed by atoms with Crippen molar-refractivity contribution in [3.8, 4) is 11.6 Å². The molecule has 2 aromatic heterocycles. The van der Waals surface area contributed by atoms with E-state index in [1.807, 2.05) is 16.5 Å². The summed E-state index contributed by atoms with van der Waals surface area (Å²) in [6, 6.07) is 8.02. The summed E-state index contributed by atoms with van der Waals surface area (Å²) in [5, 5.41) is 0.617. The van der Waals surface area contributed by atoms with E-state index in [-0.39, 0.29) is 11.4 Å². The zero-order valence-corrected chi connectivity index (χ0v) is 14.9. The van der Waals surface area contributed by atoms with Gasteiger partial charge < -0.3 is 9.47 Å². The molecule has 0 atom stereocenters. The molecule has 7 heteroatoms. The summed E-state index contributed by atoms with van der Waals surface area (Å²) in [4.78, 5) is 17.0. The van der Waals surface area contributed by atoms with E-state index in [0.717, 1.165) is 5.52 Å². The molecule has 1 aliphatic heterocycles. The van der Waals surface area contributed by atoms with Crippen LogP contribution in [0.2, 0.25) is 0 Å². The van der Waals surface area contributed by atoms with Gasteiger partial charge >= 0.3 is 5.56 Å². The van der Waals surface area contributed by atoms with E-state index in [9.17, 15) is 9.18 Å². The van der Waals surface area contributed by atoms with Gasteiger partial charge in [-0.3, -0.25) is 9.36 Å². The highest BCUT2D eigenvalue weighted by Gasteiger charge is 2.18. The highest BCUT2D eigenvalue weighted by Crippen LogP contribution is 2.14. The van der Waals surface area contributed by atoms with Gasteiger partial charge in [0, 0.05) is 30.8 Å². The molecule has 6 nitrogen and oxygen atoms in total. The second-order valence-electron chi connectivity index (χ2n) is 6.21. The fraction of sp³-hybridized carbons (Fsp3) is 0.250. The molecule has 0 bridgehead atoms. The summed E-state index contributed by atoms with van der Waals surface area (Å²) in [7, 11) is 1.58. The van der Waals surface area contributed by atoms with E-state index >= 15 is 0 Å². The second kappa shape index (κ2) is 7.19. The minimum Gasteiger partial charge on any atom is -0.495 e. The lowest BCUT2D eigenvalue weighted by Crippen LogP contribution is -2.50. The van der Waals surface area contributed by atoms with Gasteiger partial charge in [0.1, 0.15) is 17.1 Å². The summed E-state index contributed by atoms with van der Waals surface area (Å²) < 4.78 is 27.9. The predicted molar refractivity (Wildman–Crippen MR) is 97.7 cm³/mol. The summed E-state index contributed by atoms with van der Waals surface area (Å²) in [6.45, 7) is 0.819. The number of pyridine rings is 1. The van der Waals surface area contributed by atoms with Gasteiger partial charge in [-0.25, -0.2) is 9.37 Å². The first-order chi connectivity index (χ1) is 13.2. The Labute approximate surface area is 154 Å². The third-order valence-corrected chi connectivity index (χ3v) is 4.53. The SMILES string of the molecule is COc1ccc(OCCCn2c(=O)c3[n+](c4ccc(F)cc42)=CCC=3)nc1. The van der Waals surface area contributed by atoms with Crippen LogP contribution < -0.4 is 24.6 Å². The van der Waals surface area contributed by atoms with Gasteiger partial charge in [0.25, 0.3) is 5.35 Å². The van der Waals surface area contributed by atoms with Gasteiger partial charge in [-0.05, 0) is 18.6 Å². The molecule has 0 saturated carbocycles. The van der Waals surface area contributed by atoms with E-state index < -0.39 is 0 Å². The van der Waals surface area contributed by atoms with Crippen LogP contribution in [0.5, 0.6) is 11.6 Å². The quantitative estimate of drug-likeness (QED) is 0.489. The number of aryl methyl sites for hydroxylation is 1. The molecule has 0 unspecified atom stereocenters. The number of ether oxygens (including phenoxy) is 2. The van der Waals surface area contributed by atoms with Gasteiger partial charge in [0.15, 0.2) is 6.21 Å². The maximum atomic E-state index is 13.8. The van der Waals surface area contributed by atoms with E-state index in [4.69, 9.17) is 9.47 Å². The number of methoxy groups -OCH3 is 1. The largest absolute Gasteiger partial charge is 0.495 e. The summed E-state index contributed by atoms with van der Waals surface area (Å²) in [5.74, 6) is 0.787. The number of benzene rings is 1. The van der Waals surface area contributed by atoms with E-state index in [2.05, 4.69) is 4.98 Å². The van der Waals surface area contributed by atoms with Gasteiger partial charge in [-0.15, -0.1) is 0 Å². The molecule has 3 aromatic rings. The Hall–Kier alpha value is -3.22. The molecule has 3 heterocycles. The smallest absolute Gasteiger partial charge is 0.323 e. The number of hydrogen-bond acceptors (Lipinski definition) is 4. The zero-order chi connectivity index (χ0) is 18.8. The van der Waals surface area contributed by atoms with Crippen LogP contribution in [0.15, 0.2) is 41.3 Å². The average Bonchev–Trinajstić information content (AvgIpc) is 3.18. The third-order valence-electron chi connectivity index (χ3n) is 4.53. The molecule has 0 radical (unpaired) electrons. The monoisotopic (exact) mass is 368 g/mol. The Morgan fingerprint density at radius 2 is 2.19 bits per heavy atom. The van der Waals surface area contributed by atoms with Gasteiger partial charge in [0.2, 0.25) is 11.4 Å². The van der Waals surface area contributed by atoms with Gasteiger partial charge in [0.05, 0.1) is 26.3 Å². The number of hydrogen-bond donors (Lipinski definition) is 0. The van der Waals surface area contributed by atoms with E-state index in [1.165, 1.54) is 12.1 Å². The van der Waals surface area contributed by atoms with Crippen LogP contribution in [0.1, 0.15) is 12.8 Å². The Kier molecular flexibility index (Phi) is 4.58. The minimum atomic E-state index is -0.364. The first-order valence-corrected chi connectivity index (χ1v) is 8.74. The molecule has 4 rings (SSSR count). The van der Waals surface area contributed by atoms with Crippen LogP contribution in [0.25, 0.3) is 17.1 Å². The van der Waals surface area contributed by atoms with Crippen molar-refractivity contribution in [3.63, 3.8) is 0 Å². The lowest BCUT2D eigenvalue weighted by atomic mass is 10.2. The zero-order valence-electron chi connectivity index (χ0n) is 14.9. The first-order valence-electron chi connectivity index (χ1n) is 8.74. The lowest BCUT2D eigenvalue weighted by molar-refractivity contribution is -0.493. The van der Waals surface area contributed by atoms with Crippen molar-refractivity contribution >= 4 is 17.1 Å². The van der Waals surface area contributed by atoms with Crippen molar-refractivity contribution in [2.75, 3.05) is 13.7 Å². The molecule has 0 fully saturated rings. The maximum absolute atomic E-state index is 13.8. The molecule has 0 spiro atoms. The summed E-state index contributed by atoms with van der Waals surface area (Å²) >= 11 is 0. The van der Waals surface area contributed by atoms with E-state index in [1.54, 1.807) is 36.1 Å². The van der Waals surface area contributed by atoms with Crippen molar-refractivity contribution in [2.24, 2.45) is 0 Å². The summed E-state index contributed by atoms with van der Waals surface area (Å²) in [5.41, 5.74) is 1.28. The van der Waals surface area contributed by atoms with Crippen molar-refractivity contribution in [1.82, 2.24) is 9.55 Å². The molecule has 1 aliphatic rings. The van der Waals surface area contributed by atoms with Crippen LogP contribution in [0.4, 0.5) is 4.39 Å². The lowest BCUT2D eigenvalue weighted by Gasteiger charge is -2.09. The standard InChI is InChI=1S/C20H19FN3O3/c1-26-15-6-8-19(22-13-15)27-11-3-10-24-18-12-14(21)5-7-16(18)23-9-2-4-17(23)20(24)25/h4-9,12-13H,2-3,10-11H2,1H3/q+1.